The summed E-state index contributed by atoms with van der Waals surface area (Å²) in [5, 5.41) is 4.31. The lowest BCUT2D eigenvalue weighted by Gasteiger charge is -2.09. The summed E-state index contributed by atoms with van der Waals surface area (Å²) < 4.78 is 5.08. The van der Waals surface area contributed by atoms with Crippen LogP contribution in [0, 0.1) is 6.92 Å². The van der Waals surface area contributed by atoms with E-state index >= 15 is 0 Å². The van der Waals surface area contributed by atoms with Crippen LogP contribution in [0.25, 0.3) is 17.2 Å². The van der Waals surface area contributed by atoms with Crippen molar-refractivity contribution in [3.05, 3.63) is 64.1 Å². The molecule has 2 aromatic carbocycles. The standard InChI is InChI=1S/C20H18N2O4S/c1-12-8-16(7-6-14(12)10-17-18(23)22-20(25)27-17)15-5-3-4-13(9-15)11-26-19(24)21-2/h3-10H,11H2,1-2H3,(H,21,24)(H,22,23,25). The number of hydrogen-bond acceptors (Lipinski definition) is 5. The molecule has 0 spiro atoms. The summed E-state index contributed by atoms with van der Waals surface area (Å²) in [6, 6.07) is 13.6. The molecule has 1 aliphatic rings. The van der Waals surface area contributed by atoms with Crippen molar-refractivity contribution in [3.8, 4) is 11.1 Å². The maximum absolute atomic E-state index is 11.7. The van der Waals surface area contributed by atoms with Crippen LogP contribution in [0.1, 0.15) is 16.7 Å². The Morgan fingerprint density at radius 3 is 2.63 bits per heavy atom. The van der Waals surface area contributed by atoms with Crippen LogP contribution in [0.4, 0.5) is 9.59 Å². The molecule has 6 nitrogen and oxygen atoms in total. The van der Waals surface area contributed by atoms with Crippen molar-refractivity contribution in [2.24, 2.45) is 0 Å². The number of carbonyl (C=O) groups is 3. The lowest BCUT2D eigenvalue weighted by atomic mass is 9.98. The first-order valence-corrected chi connectivity index (χ1v) is 9.07. The summed E-state index contributed by atoms with van der Waals surface area (Å²) in [4.78, 5) is 34.6. The molecule has 1 fully saturated rings. The molecule has 2 N–H and O–H groups in total. The van der Waals surface area contributed by atoms with E-state index in [1.807, 2.05) is 49.4 Å². The number of imide groups is 1. The van der Waals surface area contributed by atoms with Crippen molar-refractivity contribution in [2.75, 3.05) is 7.05 Å². The quantitative estimate of drug-likeness (QED) is 0.785. The first-order chi connectivity index (χ1) is 13.0. The number of aryl methyl sites for hydroxylation is 1. The van der Waals surface area contributed by atoms with Crippen LogP contribution in [0.5, 0.6) is 0 Å². The van der Waals surface area contributed by atoms with Gasteiger partial charge in [-0.1, -0.05) is 36.4 Å². The molecule has 0 aromatic heterocycles. The van der Waals surface area contributed by atoms with Gasteiger partial charge in [-0.05, 0) is 58.6 Å². The van der Waals surface area contributed by atoms with Crippen LogP contribution in [0.2, 0.25) is 0 Å². The lowest BCUT2D eigenvalue weighted by molar-refractivity contribution is -0.115. The molecule has 0 unspecified atom stereocenters. The highest BCUT2D eigenvalue weighted by Crippen LogP contribution is 2.29. The number of carbonyl (C=O) groups excluding carboxylic acids is 3. The summed E-state index contributed by atoms with van der Waals surface area (Å²) in [5.74, 6) is -0.364. The second kappa shape index (κ2) is 8.09. The molecule has 2 aromatic rings. The molecule has 1 aliphatic heterocycles. The van der Waals surface area contributed by atoms with Gasteiger partial charge in [0.05, 0.1) is 4.91 Å². The van der Waals surface area contributed by atoms with Crippen LogP contribution in [-0.4, -0.2) is 24.3 Å². The van der Waals surface area contributed by atoms with Crippen LogP contribution in [0.15, 0.2) is 47.4 Å². The number of thioether (sulfide) groups is 1. The van der Waals surface area contributed by atoms with Crippen molar-refractivity contribution < 1.29 is 19.1 Å². The van der Waals surface area contributed by atoms with E-state index in [2.05, 4.69) is 10.6 Å². The fraction of sp³-hybridized carbons (Fsp3) is 0.150. The van der Waals surface area contributed by atoms with Gasteiger partial charge in [-0.25, -0.2) is 4.79 Å². The summed E-state index contributed by atoms with van der Waals surface area (Å²) in [7, 11) is 1.52. The van der Waals surface area contributed by atoms with Crippen LogP contribution in [0.3, 0.4) is 0 Å². The number of nitrogens with one attached hydrogen (secondary N) is 2. The van der Waals surface area contributed by atoms with Gasteiger partial charge in [0.2, 0.25) is 0 Å². The first kappa shape index (κ1) is 18.7. The fourth-order valence-electron chi connectivity index (χ4n) is 2.64. The Morgan fingerprint density at radius 1 is 1.19 bits per heavy atom. The molecule has 1 heterocycles. The number of amides is 3. The van der Waals surface area contributed by atoms with Crippen LogP contribution >= 0.6 is 11.8 Å². The largest absolute Gasteiger partial charge is 0.445 e. The molecule has 0 radical (unpaired) electrons. The van der Waals surface area contributed by atoms with Gasteiger partial charge in [0.15, 0.2) is 0 Å². The number of alkyl carbamates (subject to hydrolysis) is 1. The van der Waals surface area contributed by atoms with Gasteiger partial charge in [-0.3, -0.25) is 14.9 Å². The Bertz CT molecular complexity index is 953. The van der Waals surface area contributed by atoms with E-state index in [1.165, 1.54) is 7.05 Å². The Labute approximate surface area is 161 Å². The minimum absolute atomic E-state index is 0.192. The van der Waals surface area contributed by atoms with E-state index in [0.29, 0.717) is 4.91 Å². The molecule has 3 rings (SSSR count). The zero-order valence-electron chi connectivity index (χ0n) is 14.9. The van der Waals surface area contributed by atoms with E-state index in [0.717, 1.165) is 39.6 Å². The number of rotatable bonds is 4. The monoisotopic (exact) mass is 382 g/mol. The zero-order valence-corrected chi connectivity index (χ0v) is 15.7. The number of ether oxygens (including phenoxy) is 1. The summed E-state index contributed by atoms with van der Waals surface area (Å²) in [6.07, 6.45) is 1.25. The Kier molecular flexibility index (Phi) is 5.61. The lowest BCUT2D eigenvalue weighted by Crippen LogP contribution is -2.18. The van der Waals surface area contributed by atoms with Crippen molar-refractivity contribution in [2.45, 2.75) is 13.5 Å². The topological polar surface area (TPSA) is 84.5 Å². The van der Waals surface area contributed by atoms with E-state index < -0.39 is 6.09 Å². The van der Waals surface area contributed by atoms with Gasteiger partial charge in [-0.2, -0.15) is 0 Å². The van der Waals surface area contributed by atoms with Gasteiger partial charge in [0.25, 0.3) is 11.1 Å². The van der Waals surface area contributed by atoms with E-state index in [1.54, 1.807) is 6.08 Å². The van der Waals surface area contributed by atoms with E-state index in [9.17, 15) is 14.4 Å². The third-order valence-corrected chi connectivity index (χ3v) is 4.84. The Balaban J connectivity index is 1.81. The Morgan fingerprint density at radius 2 is 1.96 bits per heavy atom. The predicted molar refractivity (Wildman–Crippen MR) is 105 cm³/mol. The van der Waals surface area contributed by atoms with Crippen molar-refractivity contribution in [1.29, 1.82) is 0 Å². The van der Waals surface area contributed by atoms with Crippen molar-refractivity contribution in [1.82, 2.24) is 10.6 Å². The first-order valence-electron chi connectivity index (χ1n) is 8.25. The van der Waals surface area contributed by atoms with Crippen molar-refractivity contribution in [3.63, 3.8) is 0 Å². The minimum Gasteiger partial charge on any atom is -0.445 e. The molecule has 7 heteroatoms. The second-order valence-electron chi connectivity index (χ2n) is 5.95. The van der Waals surface area contributed by atoms with Crippen LogP contribution in [-0.2, 0) is 16.1 Å². The summed E-state index contributed by atoms with van der Waals surface area (Å²) in [6.45, 7) is 2.14. The van der Waals surface area contributed by atoms with Gasteiger partial charge < -0.3 is 10.1 Å². The third-order valence-electron chi connectivity index (χ3n) is 4.03. The van der Waals surface area contributed by atoms with Gasteiger partial charge in [0.1, 0.15) is 6.61 Å². The van der Waals surface area contributed by atoms with Gasteiger partial charge >= 0.3 is 6.09 Å². The molecule has 0 aliphatic carbocycles. The molecule has 1 saturated heterocycles. The SMILES string of the molecule is CNC(=O)OCc1cccc(-c2ccc(C=C3SC(=O)NC3=O)c(C)c2)c1. The van der Waals surface area contributed by atoms with Crippen LogP contribution < -0.4 is 10.6 Å². The smallest absolute Gasteiger partial charge is 0.407 e. The fourth-order valence-corrected chi connectivity index (χ4v) is 3.31. The second-order valence-corrected chi connectivity index (χ2v) is 6.96. The predicted octanol–water partition coefficient (Wildman–Crippen LogP) is 3.84. The maximum atomic E-state index is 11.7. The average molecular weight is 382 g/mol. The molecule has 0 atom stereocenters. The molecule has 0 bridgehead atoms. The zero-order chi connectivity index (χ0) is 19.4. The highest BCUT2D eigenvalue weighted by atomic mass is 32.2. The maximum Gasteiger partial charge on any atom is 0.407 e. The molecular weight excluding hydrogens is 364 g/mol. The molecule has 0 saturated carbocycles. The van der Waals surface area contributed by atoms with E-state index in [-0.39, 0.29) is 17.8 Å². The Hall–Kier alpha value is -3.06. The summed E-state index contributed by atoms with van der Waals surface area (Å²) in [5.41, 5.74) is 4.76. The summed E-state index contributed by atoms with van der Waals surface area (Å²) >= 11 is 0.904. The minimum atomic E-state index is -0.471. The van der Waals surface area contributed by atoms with Crippen molar-refractivity contribution >= 4 is 35.1 Å². The molecule has 27 heavy (non-hydrogen) atoms. The third kappa shape index (κ3) is 4.57. The molecular formula is C20H18N2O4S. The number of hydrogen-bond donors (Lipinski definition) is 2. The van der Waals surface area contributed by atoms with Gasteiger partial charge in [-0.15, -0.1) is 0 Å². The van der Waals surface area contributed by atoms with E-state index in [4.69, 9.17) is 4.74 Å². The molecule has 3 amide bonds. The highest BCUT2D eigenvalue weighted by Gasteiger charge is 2.25. The van der Waals surface area contributed by atoms with Gasteiger partial charge in [0, 0.05) is 7.05 Å². The normalized spacial score (nSPS) is 15.0. The number of benzene rings is 2. The molecule has 138 valence electrons. The highest BCUT2D eigenvalue weighted by molar-refractivity contribution is 8.18. The average Bonchev–Trinajstić information content (AvgIpc) is 2.98.